The van der Waals surface area contributed by atoms with Crippen molar-refractivity contribution < 1.29 is 4.42 Å². The van der Waals surface area contributed by atoms with E-state index < -0.39 is 0 Å². The Balaban J connectivity index is 1.32. The summed E-state index contributed by atoms with van der Waals surface area (Å²) in [6.45, 7) is 0. The average molecular weight is 513 g/mol. The Morgan fingerprint density at radius 2 is 1.12 bits per heavy atom. The molecule has 0 radical (unpaired) electrons. The molecular formula is C37H24N2O. The topological polar surface area (TPSA) is 29.3 Å². The molecule has 0 bridgehead atoms. The lowest BCUT2D eigenvalue weighted by Gasteiger charge is -2.26. The molecule has 0 atom stereocenters. The molecular weight excluding hydrogens is 488 g/mol. The number of fused-ring (bicyclic) bond motifs is 6. The second-order valence-corrected chi connectivity index (χ2v) is 10.1. The van der Waals surface area contributed by atoms with E-state index >= 15 is 0 Å². The van der Waals surface area contributed by atoms with E-state index in [-0.39, 0.29) is 0 Å². The van der Waals surface area contributed by atoms with Crippen molar-refractivity contribution >= 4 is 60.5 Å². The molecule has 40 heavy (non-hydrogen) atoms. The predicted octanol–water partition coefficient (Wildman–Crippen LogP) is 10.4. The fraction of sp³-hybridized carbons (Fsp3) is 0. The van der Waals surface area contributed by atoms with Crippen LogP contribution in [0.15, 0.2) is 150 Å². The summed E-state index contributed by atoms with van der Waals surface area (Å²) in [5.74, 6) is 0. The molecule has 0 aliphatic carbocycles. The SMILES string of the molecule is c1ccc(-c2ccc(N(c3ccc4c(ccc5ccccc54)c3)c3ccc4oc5ccncc5c4c3)cc2)cc1. The quantitative estimate of drug-likeness (QED) is 0.220. The van der Waals surface area contributed by atoms with Crippen molar-refractivity contribution in [3.8, 4) is 11.1 Å². The van der Waals surface area contributed by atoms with Crippen molar-refractivity contribution in [3.63, 3.8) is 0 Å². The first-order chi connectivity index (χ1) is 19.8. The normalized spacial score (nSPS) is 11.5. The Bertz CT molecular complexity index is 2160. The number of anilines is 3. The maximum absolute atomic E-state index is 6.10. The molecule has 2 aromatic heterocycles. The fourth-order valence-corrected chi connectivity index (χ4v) is 5.77. The van der Waals surface area contributed by atoms with Crippen LogP contribution in [0.25, 0.3) is 54.6 Å². The first-order valence-corrected chi connectivity index (χ1v) is 13.5. The number of hydrogen-bond donors (Lipinski definition) is 0. The van der Waals surface area contributed by atoms with E-state index in [0.29, 0.717) is 0 Å². The van der Waals surface area contributed by atoms with Gasteiger partial charge in [-0.25, -0.2) is 0 Å². The first-order valence-electron chi connectivity index (χ1n) is 13.5. The highest BCUT2D eigenvalue weighted by atomic mass is 16.3. The van der Waals surface area contributed by atoms with Gasteiger partial charge in [-0.1, -0.05) is 84.9 Å². The van der Waals surface area contributed by atoms with E-state index in [1.807, 2.05) is 18.3 Å². The van der Waals surface area contributed by atoms with Gasteiger partial charge in [-0.05, 0) is 81.2 Å². The lowest BCUT2D eigenvalue weighted by molar-refractivity contribution is 0.668. The molecule has 6 aromatic carbocycles. The molecule has 0 saturated heterocycles. The van der Waals surface area contributed by atoms with Gasteiger partial charge in [0.05, 0.1) is 0 Å². The summed E-state index contributed by atoms with van der Waals surface area (Å²) in [6.07, 6.45) is 3.65. The summed E-state index contributed by atoms with van der Waals surface area (Å²) < 4.78 is 6.10. The van der Waals surface area contributed by atoms with Gasteiger partial charge in [0.25, 0.3) is 0 Å². The minimum atomic E-state index is 0.846. The third-order valence-electron chi connectivity index (χ3n) is 7.73. The number of pyridine rings is 1. The van der Waals surface area contributed by atoms with E-state index in [9.17, 15) is 0 Å². The molecule has 8 rings (SSSR count). The maximum atomic E-state index is 6.10. The number of benzene rings is 6. The number of furan rings is 1. The Morgan fingerprint density at radius 1 is 0.450 bits per heavy atom. The van der Waals surface area contributed by atoms with Crippen LogP contribution in [0, 0.1) is 0 Å². The molecule has 188 valence electrons. The van der Waals surface area contributed by atoms with Crippen molar-refractivity contribution in [3.05, 3.63) is 146 Å². The standard InChI is InChI=1S/C37H24N2O/c1-2-6-25(7-3-1)26-12-14-29(15-13-26)39(31-17-19-36-34(23-31)35-24-38-21-20-37(35)40-36)30-16-18-33-28(22-30)11-10-27-8-4-5-9-32(27)33/h1-24H. The van der Waals surface area contributed by atoms with Gasteiger partial charge in [-0.3, -0.25) is 4.98 Å². The third kappa shape index (κ3) is 3.71. The Labute approximate surface area is 231 Å². The minimum absolute atomic E-state index is 0.846. The highest BCUT2D eigenvalue weighted by Crippen LogP contribution is 2.40. The summed E-state index contributed by atoms with van der Waals surface area (Å²) in [5, 5.41) is 7.05. The van der Waals surface area contributed by atoms with Gasteiger partial charge in [0.15, 0.2) is 0 Å². The largest absolute Gasteiger partial charge is 0.456 e. The van der Waals surface area contributed by atoms with Crippen LogP contribution in [0.5, 0.6) is 0 Å². The zero-order valence-electron chi connectivity index (χ0n) is 21.7. The van der Waals surface area contributed by atoms with Crippen LogP contribution in [0.3, 0.4) is 0 Å². The number of hydrogen-bond acceptors (Lipinski definition) is 3. The molecule has 3 heteroatoms. The third-order valence-corrected chi connectivity index (χ3v) is 7.73. The summed E-state index contributed by atoms with van der Waals surface area (Å²) in [7, 11) is 0. The fourth-order valence-electron chi connectivity index (χ4n) is 5.77. The van der Waals surface area contributed by atoms with E-state index in [1.165, 1.54) is 32.7 Å². The molecule has 0 fully saturated rings. The van der Waals surface area contributed by atoms with E-state index in [0.717, 1.165) is 39.0 Å². The molecule has 0 saturated carbocycles. The molecule has 8 aromatic rings. The summed E-state index contributed by atoms with van der Waals surface area (Å²) in [4.78, 5) is 6.67. The second-order valence-electron chi connectivity index (χ2n) is 10.1. The second kappa shape index (κ2) is 9.11. The zero-order valence-corrected chi connectivity index (χ0v) is 21.7. The maximum Gasteiger partial charge on any atom is 0.138 e. The number of rotatable bonds is 4. The van der Waals surface area contributed by atoms with Crippen molar-refractivity contribution in [2.75, 3.05) is 4.90 Å². The Kier molecular flexibility index (Phi) is 5.14. The van der Waals surface area contributed by atoms with Crippen LogP contribution < -0.4 is 4.90 Å². The first kappa shape index (κ1) is 22.6. The highest BCUT2D eigenvalue weighted by molar-refractivity contribution is 6.09. The molecule has 0 unspecified atom stereocenters. The van der Waals surface area contributed by atoms with Gasteiger partial charge < -0.3 is 9.32 Å². The molecule has 2 heterocycles. The van der Waals surface area contributed by atoms with Gasteiger partial charge in [-0.2, -0.15) is 0 Å². The van der Waals surface area contributed by atoms with Crippen LogP contribution in [0.2, 0.25) is 0 Å². The van der Waals surface area contributed by atoms with Crippen molar-refractivity contribution in [2.45, 2.75) is 0 Å². The number of nitrogens with zero attached hydrogens (tertiary/aromatic N) is 2. The molecule has 3 nitrogen and oxygen atoms in total. The lowest BCUT2D eigenvalue weighted by Crippen LogP contribution is -2.09. The average Bonchev–Trinajstić information content (AvgIpc) is 3.40. The van der Waals surface area contributed by atoms with Crippen LogP contribution in [0.4, 0.5) is 17.1 Å². The van der Waals surface area contributed by atoms with Crippen LogP contribution in [-0.2, 0) is 0 Å². The van der Waals surface area contributed by atoms with Crippen LogP contribution >= 0.6 is 0 Å². The highest BCUT2D eigenvalue weighted by Gasteiger charge is 2.16. The molecule has 0 N–H and O–H groups in total. The van der Waals surface area contributed by atoms with Crippen LogP contribution in [0.1, 0.15) is 0 Å². The van der Waals surface area contributed by atoms with Gasteiger partial charge in [0, 0.05) is 40.2 Å². The summed E-state index contributed by atoms with van der Waals surface area (Å²) >= 11 is 0. The molecule has 0 aliphatic rings. The lowest BCUT2D eigenvalue weighted by atomic mass is 10.0. The van der Waals surface area contributed by atoms with Crippen LogP contribution in [-0.4, -0.2) is 4.98 Å². The molecule has 0 spiro atoms. The van der Waals surface area contributed by atoms with Crippen molar-refractivity contribution in [1.82, 2.24) is 4.98 Å². The van der Waals surface area contributed by atoms with E-state index in [4.69, 9.17) is 4.42 Å². The van der Waals surface area contributed by atoms with Crippen molar-refractivity contribution in [1.29, 1.82) is 0 Å². The van der Waals surface area contributed by atoms with Gasteiger partial charge >= 0.3 is 0 Å². The summed E-state index contributed by atoms with van der Waals surface area (Å²) in [5.41, 5.74) is 7.35. The van der Waals surface area contributed by atoms with Gasteiger partial charge in [0.2, 0.25) is 0 Å². The molecule has 0 amide bonds. The van der Waals surface area contributed by atoms with Crippen molar-refractivity contribution in [2.24, 2.45) is 0 Å². The predicted molar refractivity (Wildman–Crippen MR) is 167 cm³/mol. The molecule has 0 aliphatic heterocycles. The van der Waals surface area contributed by atoms with Gasteiger partial charge in [-0.15, -0.1) is 0 Å². The zero-order chi connectivity index (χ0) is 26.5. The minimum Gasteiger partial charge on any atom is -0.456 e. The Hall–Kier alpha value is -5.41. The monoisotopic (exact) mass is 512 g/mol. The van der Waals surface area contributed by atoms with E-state index in [1.54, 1.807) is 6.20 Å². The van der Waals surface area contributed by atoms with Gasteiger partial charge in [0.1, 0.15) is 11.2 Å². The Morgan fingerprint density at radius 3 is 2.02 bits per heavy atom. The summed E-state index contributed by atoms with van der Waals surface area (Å²) in [6, 6.07) is 47.3. The number of aromatic nitrogens is 1. The smallest absolute Gasteiger partial charge is 0.138 e. The van der Waals surface area contributed by atoms with E-state index in [2.05, 4.69) is 131 Å².